The van der Waals surface area contributed by atoms with Gasteiger partial charge in [-0.3, -0.25) is 9.80 Å². The second-order valence-corrected chi connectivity index (χ2v) is 16.1. The van der Waals surface area contributed by atoms with Crippen LogP contribution in [0.25, 0.3) is 33.6 Å². The van der Waals surface area contributed by atoms with Gasteiger partial charge in [0.05, 0.1) is 36.8 Å². The highest BCUT2D eigenvalue weighted by Gasteiger charge is 2.55. The van der Waals surface area contributed by atoms with Crippen molar-refractivity contribution in [3.05, 3.63) is 72.1 Å². The molecule has 3 saturated heterocycles. The molecule has 2 aromatic carbocycles. The molecule has 0 spiro atoms. The number of carbonyl (C=O) groups excluding carboxylic acids is 1. The number of rotatable bonds is 7. The second kappa shape index (κ2) is 13.7. The Bertz CT molecular complexity index is 1900. The Balaban J connectivity index is 1.12. The lowest BCUT2D eigenvalue weighted by molar-refractivity contribution is -0.0405. The number of aromatic amines is 2. The minimum atomic E-state index is -0.916. The fourth-order valence-electron chi connectivity index (χ4n) is 8.06. The summed E-state index contributed by atoms with van der Waals surface area (Å²) in [6, 6.07) is 16.4. The zero-order chi connectivity index (χ0) is 36.8. The van der Waals surface area contributed by atoms with Gasteiger partial charge in [-0.1, -0.05) is 69.3 Å². The van der Waals surface area contributed by atoms with E-state index in [0.29, 0.717) is 38.5 Å². The van der Waals surface area contributed by atoms with Crippen LogP contribution in [0.3, 0.4) is 0 Å². The highest BCUT2D eigenvalue weighted by atomic mass is 16.7. The first-order valence-electron chi connectivity index (χ1n) is 18.3. The van der Waals surface area contributed by atoms with E-state index in [1.807, 2.05) is 20.8 Å². The Morgan fingerprint density at radius 2 is 1.54 bits per heavy atom. The van der Waals surface area contributed by atoms with E-state index in [4.69, 9.17) is 24.2 Å². The molecular formula is C40H50N6O6. The van der Waals surface area contributed by atoms with E-state index < -0.39 is 17.2 Å². The quantitative estimate of drug-likeness (QED) is 0.174. The van der Waals surface area contributed by atoms with Crippen molar-refractivity contribution in [3.63, 3.8) is 0 Å². The maximum Gasteiger partial charge on any atom is 0.410 e. The lowest BCUT2D eigenvalue weighted by Crippen LogP contribution is -2.53. The van der Waals surface area contributed by atoms with Gasteiger partial charge in [-0.25, -0.2) is 19.6 Å². The standard InChI is InChI=1S/C40H50N6O6/c1-38(2,3)40(18-8-20-46(40)36(47)48)35-41-24-30(43-35)27-14-10-25(11-15-27)26-12-16-28(17-13-26)33-29(23-32-50-21-22-51-32)42-34(44-33)31-9-7-19-45(31)37(49)52-39(4,5)6/h10-17,24,31-32H,7-9,18-23H2,1-6H3,(H,41,43)(H,42,44)(H,47,48)/t31-,40+/m0/s1. The molecule has 3 aliphatic rings. The van der Waals surface area contributed by atoms with Crippen molar-refractivity contribution in [2.24, 2.45) is 5.41 Å². The third-order valence-corrected chi connectivity index (χ3v) is 10.6. The average molecular weight is 711 g/mol. The molecule has 0 unspecified atom stereocenters. The molecule has 0 radical (unpaired) electrons. The summed E-state index contributed by atoms with van der Waals surface area (Å²) in [5.74, 6) is 1.43. The molecule has 12 heteroatoms. The van der Waals surface area contributed by atoms with Gasteiger partial charge in [0, 0.05) is 30.8 Å². The summed E-state index contributed by atoms with van der Waals surface area (Å²) >= 11 is 0. The fraction of sp³-hybridized carbons (Fsp3) is 0.500. The van der Waals surface area contributed by atoms with Crippen LogP contribution in [0, 0.1) is 5.41 Å². The van der Waals surface area contributed by atoms with Gasteiger partial charge in [0.15, 0.2) is 6.29 Å². The Hall–Kier alpha value is -4.68. The zero-order valence-electron chi connectivity index (χ0n) is 31.0. The molecule has 0 bridgehead atoms. The number of carboxylic acid groups (broad SMARTS) is 1. The Morgan fingerprint density at radius 3 is 2.15 bits per heavy atom. The van der Waals surface area contributed by atoms with Gasteiger partial charge in [-0.2, -0.15) is 0 Å². The molecule has 4 aromatic rings. The Kier molecular flexibility index (Phi) is 9.41. The van der Waals surface area contributed by atoms with Crippen LogP contribution < -0.4 is 0 Å². The maximum absolute atomic E-state index is 13.1. The van der Waals surface area contributed by atoms with Gasteiger partial charge in [0.2, 0.25) is 0 Å². The molecule has 3 aliphatic heterocycles. The maximum atomic E-state index is 13.1. The largest absolute Gasteiger partial charge is 0.465 e. The Labute approximate surface area is 304 Å². The summed E-state index contributed by atoms with van der Waals surface area (Å²) in [5, 5.41) is 10.0. The van der Waals surface area contributed by atoms with Gasteiger partial charge >= 0.3 is 12.2 Å². The summed E-state index contributed by atoms with van der Waals surface area (Å²) in [4.78, 5) is 45.5. The minimum absolute atomic E-state index is 0.204. The number of H-pyrrole nitrogens is 2. The monoisotopic (exact) mass is 710 g/mol. The van der Waals surface area contributed by atoms with Crippen molar-refractivity contribution in [3.8, 4) is 33.6 Å². The van der Waals surface area contributed by atoms with E-state index in [0.717, 1.165) is 70.8 Å². The van der Waals surface area contributed by atoms with E-state index in [9.17, 15) is 14.7 Å². The van der Waals surface area contributed by atoms with Gasteiger partial charge < -0.3 is 29.3 Å². The molecule has 12 nitrogen and oxygen atoms in total. The summed E-state index contributed by atoms with van der Waals surface area (Å²) in [6.45, 7) is 14.1. The van der Waals surface area contributed by atoms with Crippen LogP contribution >= 0.6 is 0 Å². The summed E-state index contributed by atoms with van der Waals surface area (Å²) in [7, 11) is 0. The van der Waals surface area contributed by atoms with E-state index in [2.05, 4.69) is 79.3 Å². The van der Waals surface area contributed by atoms with E-state index in [-0.39, 0.29) is 23.8 Å². The zero-order valence-corrected chi connectivity index (χ0v) is 31.0. The lowest BCUT2D eigenvalue weighted by Gasteiger charge is -2.45. The van der Waals surface area contributed by atoms with E-state index >= 15 is 0 Å². The highest BCUT2D eigenvalue weighted by Crippen LogP contribution is 2.50. The van der Waals surface area contributed by atoms with Crippen LogP contribution in [-0.2, 0) is 26.2 Å². The molecular weight excluding hydrogens is 660 g/mol. The molecule has 5 heterocycles. The third kappa shape index (κ3) is 6.81. The first-order chi connectivity index (χ1) is 24.7. The summed E-state index contributed by atoms with van der Waals surface area (Å²) in [6.07, 6.45) is 3.93. The van der Waals surface area contributed by atoms with Gasteiger partial charge in [-0.05, 0) is 68.6 Å². The topological polar surface area (TPSA) is 146 Å². The molecule has 0 aliphatic carbocycles. The number of hydrogen-bond donors (Lipinski definition) is 3. The van der Waals surface area contributed by atoms with Crippen molar-refractivity contribution in [1.29, 1.82) is 0 Å². The predicted molar refractivity (Wildman–Crippen MR) is 196 cm³/mol. The molecule has 0 saturated carbocycles. The number of amides is 2. The molecule has 3 fully saturated rings. The van der Waals surface area contributed by atoms with Crippen molar-refractivity contribution in [1.82, 2.24) is 29.7 Å². The van der Waals surface area contributed by atoms with Crippen LogP contribution in [0.1, 0.15) is 90.6 Å². The number of aromatic nitrogens is 4. The minimum Gasteiger partial charge on any atom is -0.465 e. The fourth-order valence-corrected chi connectivity index (χ4v) is 8.06. The molecule has 276 valence electrons. The number of hydrogen-bond acceptors (Lipinski definition) is 7. The number of nitrogens with one attached hydrogen (secondary N) is 2. The van der Waals surface area contributed by atoms with Crippen molar-refractivity contribution < 1.29 is 28.9 Å². The van der Waals surface area contributed by atoms with Gasteiger partial charge in [-0.15, -0.1) is 0 Å². The highest BCUT2D eigenvalue weighted by molar-refractivity contribution is 5.73. The summed E-state index contributed by atoms with van der Waals surface area (Å²) in [5.41, 5.74) is 4.97. The molecule has 2 amide bonds. The predicted octanol–water partition coefficient (Wildman–Crippen LogP) is 8.14. The lowest BCUT2D eigenvalue weighted by atomic mass is 9.71. The molecule has 52 heavy (non-hydrogen) atoms. The molecule has 2 atom stereocenters. The van der Waals surface area contributed by atoms with Crippen molar-refractivity contribution >= 4 is 12.2 Å². The van der Waals surface area contributed by atoms with Crippen LogP contribution in [0.15, 0.2) is 54.7 Å². The van der Waals surface area contributed by atoms with Crippen LogP contribution in [0.5, 0.6) is 0 Å². The molecule has 2 aromatic heterocycles. The van der Waals surface area contributed by atoms with Crippen LogP contribution in [-0.4, -0.2) is 85.2 Å². The number of nitrogens with zero attached hydrogens (tertiary/aromatic N) is 4. The van der Waals surface area contributed by atoms with E-state index in [1.54, 1.807) is 16.0 Å². The number of imidazole rings is 2. The van der Waals surface area contributed by atoms with Crippen LogP contribution in [0.2, 0.25) is 0 Å². The Morgan fingerprint density at radius 1 is 0.904 bits per heavy atom. The molecule has 3 N–H and O–H groups in total. The number of carbonyl (C=O) groups is 2. The number of likely N-dealkylation sites (tertiary alicyclic amines) is 2. The number of ether oxygens (including phenoxy) is 3. The van der Waals surface area contributed by atoms with Gasteiger partial charge in [0.25, 0.3) is 0 Å². The van der Waals surface area contributed by atoms with Crippen molar-refractivity contribution in [2.45, 2.75) is 97.1 Å². The normalized spacial score (nSPS) is 21.3. The third-order valence-electron chi connectivity index (χ3n) is 10.6. The average Bonchev–Trinajstić information content (AvgIpc) is 3.93. The molecule has 7 rings (SSSR count). The first kappa shape index (κ1) is 35.7. The smallest absolute Gasteiger partial charge is 0.410 e. The number of benzene rings is 2. The SMILES string of the molecule is CC(C)(C)OC(=O)N1CCC[C@H]1c1nc(-c2ccc(-c3ccc(-c4cnc([C@@]5(C(C)(C)C)CCCN5C(=O)O)[nH]4)cc3)cc2)c(CC2OCCO2)[nH]1. The van der Waals surface area contributed by atoms with Gasteiger partial charge in [0.1, 0.15) is 22.8 Å². The van der Waals surface area contributed by atoms with Crippen LogP contribution in [0.4, 0.5) is 9.59 Å². The second-order valence-electron chi connectivity index (χ2n) is 16.1. The van der Waals surface area contributed by atoms with Crippen molar-refractivity contribution in [2.75, 3.05) is 26.3 Å². The van der Waals surface area contributed by atoms with E-state index in [1.165, 1.54) is 0 Å². The first-order valence-corrected chi connectivity index (χ1v) is 18.3. The summed E-state index contributed by atoms with van der Waals surface area (Å²) < 4.78 is 17.3.